The molecule has 0 atom stereocenters. The summed E-state index contributed by atoms with van der Waals surface area (Å²) in [4.78, 5) is 11.5. The Labute approximate surface area is 106 Å². The summed E-state index contributed by atoms with van der Waals surface area (Å²) in [5.41, 5.74) is 3.54. The minimum atomic E-state index is -0.262. The fourth-order valence-corrected chi connectivity index (χ4v) is 1.79. The van der Waals surface area contributed by atoms with Crippen LogP contribution >= 0.6 is 11.6 Å². The van der Waals surface area contributed by atoms with Crippen LogP contribution in [0.1, 0.15) is 18.4 Å². The van der Waals surface area contributed by atoms with Crippen molar-refractivity contribution in [2.45, 2.75) is 12.8 Å². The van der Waals surface area contributed by atoms with Crippen molar-refractivity contribution in [2.75, 3.05) is 13.1 Å². The molecule has 2 rings (SSSR count). The number of nitrogens with zero attached hydrogens (tertiary/aromatic N) is 1. The fraction of sp³-hybridized carbons (Fsp3) is 0.308. The van der Waals surface area contributed by atoms with Crippen molar-refractivity contribution in [2.24, 2.45) is 0 Å². The van der Waals surface area contributed by atoms with Crippen LogP contribution in [0.25, 0.3) is 0 Å². The monoisotopic (exact) mass is 248 g/mol. The minimum absolute atomic E-state index is 0.262. The van der Waals surface area contributed by atoms with Gasteiger partial charge >= 0.3 is 5.91 Å². The van der Waals surface area contributed by atoms with Crippen molar-refractivity contribution in [3.05, 3.63) is 34.9 Å². The second kappa shape index (κ2) is 5.72. The van der Waals surface area contributed by atoms with E-state index < -0.39 is 0 Å². The topological polar surface area (TPSA) is 32.3 Å². The first kappa shape index (κ1) is 12.0. The number of amides is 1. The maximum Gasteiger partial charge on any atom is 0.310 e. The lowest BCUT2D eigenvalue weighted by molar-refractivity contribution is -0.119. The van der Waals surface area contributed by atoms with E-state index in [9.17, 15) is 4.79 Å². The SMILES string of the molecule is O=C(C#Cc1ccc(Cl)cc1)NN1CCCC1. The molecule has 0 unspecified atom stereocenters. The molecule has 4 heteroatoms. The first-order valence-electron chi connectivity index (χ1n) is 5.57. The molecule has 1 aromatic carbocycles. The number of rotatable bonds is 1. The van der Waals surface area contributed by atoms with Gasteiger partial charge in [-0.15, -0.1) is 0 Å². The van der Waals surface area contributed by atoms with E-state index in [0.29, 0.717) is 5.02 Å². The van der Waals surface area contributed by atoms with E-state index in [1.807, 2.05) is 5.01 Å². The molecule has 88 valence electrons. The molecule has 0 saturated carbocycles. The molecule has 1 saturated heterocycles. The Kier molecular flexibility index (Phi) is 4.03. The summed E-state index contributed by atoms with van der Waals surface area (Å²) in [5, 5.41) is 2.57. The second-order valence-corrected chi connectivity index (χ2v) is 4.33. The van der Waals surface area contributed by atoms with Crippen LogP contribution < -0.4 is 5.43 Å². The van der Waals surface area contributed by atoms with Crippen LogP contribution in [0.2, 0.25) is 5.02 Å². The molecule has 0 aromatic heterocycles. The average Bonchev–Trinajstić information content (AvgIpc) is 2.81. The lowest BCUT2D eigenvalue weighted by Crippen LogP contribution is -2.39. The predicted molar refractivity (Wildman–Crippen MR) is 67.3 cm³/mol. The molecule has 0 radical (unpaired) electrons. The van der Waals surface area contributed by atoms with Crippen LogP contribution in [0.3, 0.4) is 0 Å². The summed E-state index contributed by atoms with van der Waals surface area (Å²) >= 11 is 5.75. The second-order valence-electron chi connectivity index (χ2n) is 3.89. The molecule has 1 fully saturated rings. The number of carbonyl (C=O) groups excluding carboxylic acids is 1. The van der Waals surface area contributed by atoms with Gasteiger partial charge in [-0.2, -0.15) is 0 Å². The van der Waals surface area contributed by atoms with Gasteiger partial charge in [0, 0.05) is 29.6 Å². The standard InChI is InChI=1S/C13H13ClN2O/c14-12-6-3-11(4-7-12)5-8-13(17)15-16-9-1-2-10-16/h3-4,6-7H,1-2,9-10H2,(H,15,17). The zero-order valence-corrected chi connectivity index (χ0v) is 10.1. The Morgan fingerprint density at radius 3 is 2.53 bits per heavy atom. The van der Waals surface area contributed by atoms with Crippen LogP contribution in [0.15, 0.2) is 24.3 Å². The van der Waals surface area contributed by atoms with E-state index in [2.05, 4.69) is 17.3 Å². The summed E-state index contributed by atoms with van der Waals surface area (Å²) in [6, 6.07) is 7.09. The molecule has 17 heavy (non-hydrogen) atoms. The summed E-state index contributed by atoms with van der Waals surface area (Å²) < 4.78 is 0. The predicted octanol–water partition coefficient (Wildman–Crippen LogP) is 1.82. The number of halogens is 1. The first-order valence-corrected chi connectivity index (χ1v) is 5.95. The van der Waals surface area contributed by atoms with Crippen molar-refractivity contribution in [3.8, 4) is 11.8 Å². The van der Waals surface area contributed by atoms with Crippen LogP contribution in [0.5, 0.6) is 0 Å². The van der Waals surface area contributed by atoms with Crippen molar-refractivity contribution in [3.63, 3.8) is 0 Å². The third kappa shape index (κ3) is 3.77. The van der Waals surface area contributed by atoms with Gasteiger partial charge in [0.05, 0.1) is 0 Å². The van der Waals surface area contributed by atoms with Gasteiger partial charge < -0.3 is 0 Å². The van der Waals surface area contributed by atoms with Gasteiger partial charge in [0.15, 0.2) is 0 Å². The lowest BCUT2D eigenvalue weighted by Gasteiger charge is -2.13. The van der Waals surface area contributed by atoms with E-state index in [4.69, 9.17) is 11.6 Å². The van der Waals surface area contributed by atoms with Gasteiger partial charge in [0.1, 0.15) is 0 Å². The fourth-order valence-electron chi connectivity index (χ4n) is 1.66. The summed E-state index contributed by atoms with van der Waals surface area (Å²) in [7, 11) is 0. The molecule has 1 aliphatic rings. The maximum atomic E-state index is 11.5. The molecule has 1 aromatic rings. The number of hydrogen-bond donors (Lipinski definition) is 1. The normalized spacial score (nSPS) is 15.1. The largest absolute Gasteiger partial charge is 0.310 e. The number of nitrogens with one attached hydrogen (secondary N) is 1. The van der Waals surface area contributed by atoms with Gasteiger partial charge in [-0.25, -0.2) is 5.01 Å². The molecule has 0 aliphatic carbocycles. The van der Waals surface area contributed by atoms with E-state index >= 15 is 0 Å². The highest BCUT2D eigenvalue weighted by atomic mass is 35.5. The van der Waals surface area contributed by atoms with Gasteiger partial charge in [0.25, 0.3) is 0 Å². The molecular weight excluding hydrogens is 236 g/mol. The van der Waals surface area contributed by atoms with Gasteiger partial charge in [0.2, 0.25) is 0 Å². The average molecular weight is 249 g/mol. The number of hydrogen-bond acceptors (Lipinski definition) is 2. The van der Waals surface area contributed by atoms with Gasteiger partial charge in [-0.05, 0) is 37.1 Å². The summed E-state index contributed by atoms with van der Waals surface area (Å²) in [5.74, 6) is 5.10. The Morgan fingerprint density at radius 1 is 1.24 bits per heavy atom. The highest BCUT2D eigenvalue weighted by molar-refractivity contribution is 6.30. The van der Waals surface area contributed by atoms with Crippen molar-refractivity contribution < 1.29 is 4.79 Å². The van der Waals surface area contributed by atoms with E-state index in [1.165, 1.54) is 0 Å². The van der Waals surface area contributed by atoms with Gasteiger partial charge in [-0.1, -0.05) is 17.5 Å². The Hall–Kier alpha value is -1.50. The Balaban J connectivity index is 1.91. The lowest BCUT2D eigenvalue weighted by atomic mass is 10.2. The maximum absolute atomic E-state index is 11.5. The van der Waals surface area contributed by atoms with Crippen molar-refractivity contribution in [1.29, 1.82) is 0 Å². The number of carbonyl (C=O) groups is 1. The van der Waals surface area contributed by atoms with E-state index in [-0.39, 0.29) is 5.91 Å². The third-order valence-electron chi connectivity index (χ3n) is 2.53. The summed E-state index contributed by atoms with van der Waals surface area (Å²) in [6.07, 6.45) is 2.26. The van der Waals surface area contributed by atoms with E-state index in [1.54, 1.807) is 24.3 Å². The highest BCUT2D eigenvalue weighted by Gasteiger charge is 2.12. The molecule has 0 spiro atoms. The van der Waals surface area contributed by atoms with Crippen LogP contribution in [-0.2, 0) is 4.79 Å². The summed E-state index contributed by atoms with van der Waals surface area (Å²) in [6.45, 7) is 1.82. The molecule has 1 aliphatic heterocycles. The minimum Gasteiger partial charge on any atom is -0.278 e. The first-order chi connectivity index (χ1) is 8.24. The zero-order valence-electron chi connectivity index (χ0n) is 9.37. The molecule has 3 nitrogen and oxygen atoms in total. The Bertz CT molecular complexity index is 453. The van der Waals surface area contributed by atoms with Crippen molar-refractivity contribution in [1.82, 2.24) is 10.4 Å². The number of benzene rings is 1. The molecule has 1 N–H and O–H groups in total. The van der Waals surface area contributed by atoms with Crippen LogP contribution in [0, 0.1) is 11.8 Å². The molecule has 1 amide bonds. The van der Waals surface area contributed by atoms with Crippen molar-refractivity contribution >= 4 is 17.5 Å². The highest BCUT2D eigenvalue weighted by Crippen LogP contribution is 2.08. The quantitative estimate of drug-likeness (QED) is 0.769. The molecular formula is C13H13ClN2O. The Morgan fingerprint density at radius 2 is 1.88 bits per heavy atom. The zero-order chi connectivity index (χ0) is 12.1. The smallest absolute Gasteiger partial charge is 0.278 e. The van der Waals surface area contributed by atoms with Crippen LogP contribution in [-0.4, -0.2) is 24.0 Å². The number of hydrazine groups is 1. The van der Waals surface area contributed by atoms with Crippen LogP contribution in [0.4, 0.5) is 0 Å². The third-order valence-corrected chi connectivity index (χ3v) is 2.78. The molecule has 1 heterocycles. The van der Waals surface area contributed by atoms with E-state index in [0.717, 1.165) is 31.5 Å². The molecule has 0 bridgehead atoms. The van der Waals surface area contributed by atoms with Gasteiger partial charge in [-0.3, -0.25) is 10.2 Å².